The quantitative estimate of drug-likeness (QED) is 0.437. The summed E-state index contributed by atoms with van der Waals surface area (Å²) in [6, 6.07) is 12.3. The highest BCUT2D eigenvalue weighted by Gasteiger charge is 2.15. The van der Waals surface area contributed by atoms with E-state index in [0.29, 0.717) is 22.3 Å². The lowest BCUT2D eigenvalue weighted by atomic mass is 10.1. The van der Waals surface area contributed by atoms with E-state index in [2.05, 4.69) is 9.88 Å². The van der Waals surface area contributed by atoms with Crippen LogP contribution >= 0.6 is 23.2 Å². The number of amides is 1. The molecule has 0 saturated heterocycles. The molecule has 0 bridgehead atoms. The first-order chi connectivity index (χ1) is 13.4. The third-order valence-electron chi connectivity index (χ3n) is 4.35. The molecule has 2 aromatic heterocycles. The molecule has 0 saturated carbocycles. The molecule has 7 heteroatoms. The Morgan fingerprint density at radius 2 is 2.07 bits per heavy atom. The number of hydrogen-bond donors (Lipinski definition) is 1. The van der Waals surface area contributed by atoms with Gasteiger partial charge in [-0.2, -0.15) is 5.26 Å². The fourth-order valence-corrected chi connectivity index (χ4v) is 3.32. The number of benzene rings is 1. The SMILES string of the molecule is Cc1cc(/C=C(\C#N)C(=O)Nc2ccc(Cl)cc2Cl)c(C)n1Cc1ccco1. The molecule has 1 N–H and O–H groups in total. The van der Waals surface area contributed by atoms with Crippen molar-refractivity contribution in [2.45, 2.75) is 20.4 Å². The van der Waals surface area contributed by atoms with Crippen molar-refractivity contribution >= 4 is 40.9 Å². The number of nitrogens with one attached hydrogen (secondary N) is 1. The molecular formula is C21H17Cl2N3O2. The zero-order valence-electron chi connectivity index (χ0n) is 15.3. The molecule has 2 heterocycles. The van der Waals surface area contributed by atoms with Crippen molar-refractivity contribution in [2.75, 3.05) is 5.32 Å². The molecule has 3 rings (SSSR count). The number of halogens is 2. The summed E-state index contributed by atoms with van der Waals surface area (Å²) in [6.45, 7) is 4.48. The minimum Gasteiger partial charge on any atom is -0.467 e. The highest BCUT2D eigenvalue weighted by molar-refractivity contribution is 6.36. The van der Waals surface area contributed by atoms with Crippen LogP contribution in [0.3, 0.4) is 0 Å². The van der Waals surface area contributed by atoms with Crippen molar-refractivity contribution in [2.24, 2.45) is 0 Å². The van der Waals surface area contributed by atoms with Crippen molar-refractivity contribution in [3.63, 3.8) is 0 Å². The number of carbonyl (C=O) groups is 1. The lowest BCUT2D eigenvalue weighted by molar-refractivity contribution is -0.112. The number of carbonyl (C=O) groups excluding carboxylic acids is 1. The third kappa shape index (κ3) is 4.30. The first-order valence-corrected chi connectivity index (χ1v) is 9.22. The van der Waals surface area contributed by atoms with Crippen LogP contribution in [0.2, 0.25) is 10.0 Å². The van der Waals surface area contributed by atoms with Crippen LogP contribution in [0.1, 0.15) is 22.7 Å². The zero-order valence-corrected chi connectivity index (χ0v) is 16.8. The monoisotopic (exact) mass is 413 g/mol. The number of nitrogens with zero attached hydrogens (tertiary/aromatic N) is 2. The summed E-state index contributed by atoms with van der Waals surface area (Å²) in [5.41, 5.74) is 3.08. The molecule has 0 spiro atoms. The first-order valence-electron chi connectivity index (χ1n) is 8.46. The second-order valence-electron chi connectivity index (χ2n) is 6.24. The van der Waals surface area contributed by atoms with Crippen molar-refractivity contribution < 1.29 is 9.21 Å². The van der Waals surface area contributed by atoms with E-state index in [0.717, 1.165) is 22.7 Å². The van der Waals surface area contributed by atoms with E-state index in [-0.39, 0.29) is 5.57 Å². The Bertz CT molecular complexity index is 1090. The Labute approximate surface area is 172 Å². The zero-order chi connectivity index (χ0) is 20.3. The van der Waals surface area contributed by atoms with Crippen LogP contribution in [0.4, 0.5) is 5.69 Å². The Morgan fingerprint density at radius 3 is 2.71 bits per heavy atom. The van der Waals surface area contributed by atoms with Gasteiger partial charge in [0.2, 0.25) is 0 Å². The van der Waals surface area contributed by atoms with E-state index in [9.17, 15) is 10.1 Å². The molecule has 0 radical (unpaired) electrons. The normalized spacial score (nSPS) is 11.3. The molecule has 0 aliphatic rings. The van der Waals surface area contributed by atoms with E-state index in [1.54, 1.807) is 24.5 Å². The Kier molecular flexibility index (Phi) is 5.93. The molecule has 3 aromatic rings. The van der Waals surface area contributed by atoms with Crippen LogP contribution in [-0.4, -0.2) is 10.5 Å². The van der Waals surface area contributed by atoms with Gasteiger partial charge < -0.3 is 14.3 Å². The number of hydrogen-bond acceptors (Lipinski definition) is 3. The Hall–Kier alpha value is -2.94. The van der Waals surface area contributed by atoms with Gasteiger partial charge in [0.1, 0.15) is 17.4 Å². The molecule has 142 valence electrons. The van der Waals surface area contributed by atoms with Gasteiger partial charge in [-0.1, -0.05) is 23.2 Å². The molecule has 5 nitrogen and oxygen atoms in total. The van der Waals surface area contributed by atoms with Crippen molar-refractivity contribution in [1.29, 1.82) is 5.26 Å². The number of aromatic nitrogens is 1. The average molecular weight is 414 g/mol. The molecule has 0 atom stereocenters. The molecule has 1 amide bonds. The fourth-order valence-electron chi connectivity index (χ4n) is 2.86. The van der Waals surface area contributed by atoms with Gasteiger partial charge in [-0.25, -0.2) is 0 Å². The largest absolute Gasteiger partial charge is 0.467 e. The summed E-state index contributed by atoms with van der Waals surface area (Å²) in [4.78, 5) is 12.5. The van der Waals surface area contributed by atoms with Gasteiger partial charge in [0.05, 0.1) is 23.5 Å². The van der Waals surface area contributed by atoms with Gasteiger partial charge in [0.15, 0.2) is 0 Å². The van der Waals surface area contributed by atoms with Crippen LogP contribution in [0, 0.1) is 25.2 Å². The maximum atomic E-state index is 12.5. The summed E-state index contributed by atoms with van der Waals surface area (Å²) in [6.07, 6.45) is 3.20. The van der Waals surface area contributed by atoms with Crippen LogP contribution in [0.25, 0.3) is 6.08 Å². The predicted molar refractivity (Wildman–Crippen MR) is 110 cm³/mol. The number of aryl methyl sites for hydroxylation is 1. The number of rotatable bonds is 5. The first kappa shape index (κ1) is 19.8. The Balaban J connectivity index is 1.86. The highest BCUT2D eigenvalue weighted by Crippen LogP contribution is 2.26. The van der Waals surface area contributed by atoms with Gasteiger partial charge in [0.25, 0.3) is 5.91 Å². The van der Waals surface area contributed by atoms with E-state index in [4.69, 9.17) is 27.6 Å². The number of anilines is 1. The fraction of sp³-hybridized carbons (Fsp3) is 0.143. The van der Waals surface area contributed by atoms with Crippen molar-refractivity contribution in [3.05, 3.63) is 81.0 Å². The summed E-state index contributed by atoms with van der Waals surface area (Å²) < 4.78 is 7.47. The van der Waals surface area contributed by atoms with Crippen LogP contribution in [0.15, 0.2) is 52.7 Å². The standard InChI is InChI=1S/C21H17Cl2N3O2/c1-13-8-15(14(2)26(13)12-18-4-3-7-28-18)9-16(11-24)21(27)25-20-6-5-17(22)10-19(20)23/h3-10H,12H2,1-2H3,(H,25,27)/b16-9+. The van der Waals surface area contributed by atoms with Crippen molar-refractivity contribution in [3.8, 4) is 6.07 Å². The Morgan fingerprint density at radius 1 is 1.29 bits per heavy atom. The summed E-state index contributed by atoms with van der Waals surface area (Å²) >= 11 is 12.0. The number of nitriles is 1. The van der Waals surface area contributed by atoms with Crippen molar-refractivity contribution in [1.82, 2.24) is 4.57 Å². The van der Waals surface area contributed by atoms with Crippen LogP contribution < -0.4 is 5.32 Å². The third-order valence-corrected chi connectivity index (χ3v) is 4.90. The predicted octanol–water partition coefficient (Wildman–Crippen LogP) is 5.60. The van der Waals surface area contributed by atoms with Crippen LogP contribution in [0.5, 0.6) is 0 Å². The van der Waals surface area contributed by atoms with E-state index in [1.165, 1.54) is 6.07 Å². The minimum atomic E-state index is -0.539. The average Bonchev–Trinajstić information content (AvgIpc) is 3.26. The van der Waals surface area contributed by atoms with Crippen LogP contribution in [-0.2, 0) is 11.3 Å². The molecule has 0 aliphatic heterocycles. The summed E-state index contributed by atoms with van der Waals surface area (Å²) in [5, 5.41) is 12.9. The molecule has 1 aromatic carbocycles. The second kappa shape index (κ2) is 8.39. The van der Waals surface area contributed by atoms with Gasteiger partial charge in [-0.15, -0.1) is 0 Å². The topological polar surface area (TPSA) is 71.0 Å². The molecule has 0 unspecified atom stereocenters. The maximum Gasteiger partial charge on any atom is 0.266 e. The van der Waals surface area contributed by atoms with E-state index >= 15 is 0 Å². The van der Waals surface area contributed by atoms with Gasteiger partial charge in [-0.05, 0) is 61.9 Å². The van der Waals surface area contributed by atoms with E-state index < -0.39 is 5.91 Å². The lowest BCUT2D eigenvalue weighted by Gasteiger charge is -2.08. The maximum absolute atomic E-state index is 12.5. The highest BCUT2D eigenvalue weighted by atomic mass is 35.5. The van der Waals surface area contributed by atoms with Gasteiger partial charge in [-0.3, -0.25) is 4.79 Å². The summed E-state index contributed by atoms with van der Waals surface area (Å²) in [5.74, 6) is 0.288. The summed E-state index contributed by atoms with van der Waals surface area (Å²) in [7, 11) is 0. The second-order valence-corrected chi connectivity index (χ2v) is 7.08. The molecule has 0 fully saturated rings. The molecular weight excluding hydrogens is 397 g/mol. The van der Waals surface area contributed by atoms with E-state index in [1.807, 2.05) is 38.1 Å². The lowest BCUT2D eigenvalue weighted by Crippen LogP contribution is -2.13. The number of furan rings is 1. The van der Waals surface area contributed by atoms with Gasteiger partial charge in [0, 0.05) is 16.4 Å². The molecule has 0 aliphatic carbocycles. The van der Waals surface area contributed by atoms with Gasteiger partial charge >= 0.3 is 0 Å². The molecule has 28 heavy (non-hydrogen) atoms. The smallest absolute Gasteiger partial charge is 0.266 e. The minimum absolute atomic E-state index is 0.0238.